The first-order valence-corrected chi connectivity index (χ1v) is 11.5. The molecule has 2 unspecified atom stereocenters. The fraction of sp³-hybridized carbons (Fsp3) is 0.682. The van der Waals surface area contributed by atoms with E-state index in [-0.39, 0.29) is 25.3 Å². The average molecular weight is 488 g/mol. The first-order valence-electron chi connectivity index (χ1n) is 10.8. The summed E-state index contributed by atoms with van der Waals surface area (Å²) < 4.78 is 48.1. The molecule has 0 aromatic heterocycles. The van der Waals surface area contributed by atoms with Gasteiger partial charge < -0.3 is 13.8 Å². The molecule has 0 aromatic rings. The Morgan fingerprint density at radius 1 is 1.27 bits per heavy atom. The molecule has 0 saturated carbocycles. The van der Waals surface area contributed by atoms with E-state index in [1.165, 1.54) is 9.80 Å². The molecule has 3 aliphatic rings. The Morgan fingerprint density at radius 2 is 1.97 bits per heavy atom. The monoisotopic (exact) mass is 487 g/mol. The maximum Gasteiger partial charge on any atom is 0.467 e. The van der Waals surface area contributed by atoms with E-state index in [4.69, 9.17) is 8.92 Å². The molecule has 11 heteroatoms. The number of amides is 2. The lowest BCUT2D eigenvalue weighted by Gasteiger charge is -2.47. The highest BCUT2D eigenvalue weighted by Gasteiger charge is 2.51. The Kier molecular flexibility index (Phi) is 7.10. The predicted octanol–water partition coefficient (Wildman–Crippen LogP) is 4.71. The summed E-state index contributed by atoms with van der Waals surface area (Å²) in [6, 6.07) is 1.60. The fourth-order valence-electron chi connectivity index (χ4n) is 4.35. The number of hydrogen-bond donors (Lipinski definition) is 0. The van der Waals surface area contributed by atoms with Crippen molar-refractivity contribution in [3.63, 3.8) is 0 Å². The van der Waals surface area contributed by atoms with E-state index < -0.39 is 46.9 Å². The Bertz CT molecular complexity index is 906. The molecule has 3 atom stereocenters. The van der Waals surface area contributed by atoms with Gasteiger partial charge in [0.25, 0.3) is 0 Å². The third-order valence-electron chi connectivity index (χ3n) is 5.86. The number of rotatable bonds is 3. The molecule has 33 heavy (non-hydrogen) atoms. The van der Waals surface area contributed by atoms with Crippen molar-refractivity contribution >= 4 is 24.0 Å². The number of piperidine rings is 1. The van der Waals surface area contributed by atoms with Gasteiger partial charge in [-0.25, -0.2) is 4.79 Å². The molecule has 2 heterocycles. The van der Waals surface area contributed by atoms with Crippen LogP contribution >= 0.6 is 12.0 Å². The van der Waals surface area contributed by atoms with Gasteiger partial charge >= 0.3 is 11.6 Å². The molecule has 2 fully saturated rings. The van der Waals surface area contributed by atoms with Gasteiger partial charge in [0.2, 0.25) is 5.91 Å². The summed E-state index contributed by atoms with van der Waals surface area (Å²) in [5, 5.41) is 9.45. The zero-order valence-electron chi connectivity index (χ0n) is 19.1. The molecule has 0 aromatic carbocycles. The number of nitriles is 1. The van der Waals surface area contributed by atoms with Gasteiger partial charge in [0.1, 0.15) is 29.2 Å². The Balaban J connectivity index is 1.90. The molecule has 3 rings (SSSR count). The number of carbonyl (C=O) groups is 2. The van der Waals surface area contributed by atoms with Crippen LogP contribution in [0, 0.1) is 11.3 Å². The fourth-order valence-corrected chi connectivity index (χ4v) is 4.72. The van der Waals surface area contributed by atoms with Crippen LogP contribution < -0.4 is 0 Å². The van der Waals surface area contributed by atoms with Crippen molar-refractivity contribution in [3.05, 3.63) is 23.3 Å². The number of ether oxygens (including phenoxy) is 1. The van der Waals surface area contributed by atoms with Crippen LogP contribution in [0.1, 0.15) is 53.4 Å². The van der Waals surface area contributed by atoms with Crippen LogP contribution in [-0.4, -0.2) is 63.7 Å². The number of hydrogen-bond acceptors (Lipinski definition) is 6. The maximum absolute atomic E-state index is 13.6. The minimum atomic E-state index is -4.52. The molecule has 2 aliphatic heterocycles. The van der Waals surface area contributed by atoms with Crippen LogP contribution in [0.3, 0.4) is 0 Å². The molecule has 1 aliphatic carbocycles. The second kappa shape index (κ2) is 9.22. The summed E-state index contributed by atoms with van der Waals surface area (Å²) in [5.41, 5.74) is -5.20. The van der Waals surface area contributed by atoms with Gasteiger partial charge in [-0.1, -0.05) is 6.08 Å². The average Bonchev–Trinajstić information content (AvgIpc) is 3.18. The van der Waals surface area contributed by atoms with Gasteiger partial charge in [0.05, 0.1) is 18.7 Å². The zero-order valence-corrected chi connectivity index (χ0v) is 19.9. The lowest BCUT2D eigenvalue weighted by molar-refractivity contribution is -0.143. The van der Waals surface area contributed by atoms with Crippen molar-refractivity contribution in [1.82, 2.24) is 9.80 Å². The SMILES string of the molecule is CC(C)(C)OC(=O)N1CC2=CC(OSC(F)(F)F)CC=C2CC1(C)C(=O)N1CCC[C@H]1C#N. The summed E-state index contributed by atoms with van der Waals surface area (Å²) in [7, 11) is 0. The van der Waals surface area contributed by atoms with Crippen LogP contribution in [0.5, 0.6) is 0 Å². The minimum Gasteiger partial charge on any atom is -0.444 e. The van der Waals surface area contributed by atoms with Gasteiger partial charge in [-0.2, -0.15) is 18.4 Å². The summed E-state index contributed by atoms with van der Waals surface area (Å²) in [4.78, 5) is 29.6. The molecule has 182 valence electrons. The highest BCUT2D eigenvalue weighted by Crippen LogP contribution is 2.41. The smallest absolute Gasteiger partial charge is 0.444 e. The highest BCUT2D eigenvalue weighted by molar-refractivity contribution is 7.95. The van der Waals surface area contributed by atoms with Crippen molar-refractivity contribution in [2.75, 3.05) is 13.1 Å². The molecule has 2 saturated heterocycles. The van der Waals surface area contributed by atoms with Gasteiger partial charge in [-0.05, 0) is 64.2 Å². The van der Waals surface area contributed by atoms with Crippen LogP contribution in [0.2, 0.25) is 0 Å². The third-order valence-corrected chi connectivity index (χ3v) is 6.39. The normalized spacial score (nSPS) is 27.9. The second-order valence-corrected chi connectivity index (χ2v) is 10.4. The van der Waals surface area contributed by atoms with Crippen molar-refractivity contribution in [2.45, 2.75) is 82.2 Å². The topological polar surface area (TPSA) is 82.9 Å². The second-order valence-electron chi connectivity index (χ2n) is 9.62. The van der Waals surface area contributed by atoms with Gasteiger partial charge in [-0.3, -0.25) is 9.69 Å². The lowest BCUT2D eigenvalue weighted by atomic mass is 9.79. The van der Waals surface area contributed by atoms with Gasteiger partial charge in [0.15, 0.2) is 0 Å². The largest absolute Gasteiger partial charge is 0.467 e. The minimum absolute atomic E-state index is 0.00933. The summed E-state index contributed by atoms with van der Waals surface area (Å²) >= 11 is -0.552. The number of carbonyl (C=O) groups excluding carboxylic acids is 2. The number of nitrogens with zero attached hydrogens (tertiary/aromatic N) is 3. The molecule has 0 N–H and O–H groups in total. The van der Waals surface area contributed by atoms with E-state index in [9.17, 15) is 28.0 Å². The molecular weight excluding hydrogens is 459 g/mol. The molecule has 0 spiro atoms. The number of alkyl halides is 3. The Morgan fingerprint density at radius 3 is 2.58 bits per heavy atom. The number of fused-ring (bicyclic) bond motifs is 1. The van der Waals surface area contributed by atoms with Crippen LogP contribution in [0.25, 0.3) is 0 Å². The standard InChI is InChI=1S/C22H28F3N3O4S/c1-20(2,3)31-19(30)28-13-15-10-17(32-33-22(23,24)25)8-7-14(15)11-21(28,4)18(29)27-9-5-6-16(27)12-26/h7,10,16-17H,5-6,8-9,11,13H2,1-4H3/t16-,17?,21?/m0/s1. The summed E-state index contributed by atoms with van der Waals surface area (Å²) in [6.07, 6.45) is 3.51. The zero-order chi connectivity index (χ0) is 24.6. The van der Waals surface area contributed by atoms with Gasteiger partial charge in [-0.15, -0.1) is 0 Å². The van der Waals surface area contributed by atoms with Crippen LogP contribution in [0.4, 0.5) is 18.0 Å². The quantitative estimate of drug-likeness (QED) is 0.536. The van der Waals surface area contributed by atoms with E-state index >= 15 is 0 Å². The van der Waals surface area contributed by atoms with Crippen molar-refractivity contribution in [1.29, 1.82) is 5.26 Å². The van der Waals surface area contributed by atoms with Crippen LogP contribution in [0.15, 0.2) is 23.3 Å². The summed E-state index contributed by atoms with van der Waals surface area (Å²) in [5.74, 6) is -0.330. The molecule has 0 radical (unpaired) electrons. The number of likely N-dealkylation sites (tertiary alicyclic amines) is 2. The third kappa shape index (κ3) is 5.84. The van der Waals surface area contributed by atoms with E-state index in [1.807, 2.05) is 0 Å². The first kappa shape index (κ1) is 25.4. The first-order chi connectivity index (χ1) is 15.2. The number of halogens is 3. The molecule has 0 bridgehead atoms. The summed E-state index contributed by atoms with van der Waals surface area (Å²) in [6.45, 7) is 7.22. The van der Waals surface area contributed by atoms with Crippen molar-refractivity contribution in [3.8, 4) is 6.07 Å². The lowest BCUT2D eigenvalue weighted by Crippen LogP contribution is -2.63. The Labute approximate surface area is 195 Å². The van der Waals surface area contributed by atoms with E-state index in [1.54, 1.807) is 39.8 Å². The highest BCUT2D eigenvalue weighted by atomic mass is 32.2. The van der Waals surface area contributed by atoms with Crippen LogP contribution in [-0.2, 0) is 13.7 Å². The maximum atomic E-state index is 13.6. The van der Waals surface area contributed by atoms with Crippen molar-refractivity contribution < 1.29 is 31.7 Å². The van der Waals surface area contributed by atoms with E-state index in [2.05, 4.69) is 6.07 Å². The predicted molar refractivity (Wildman–Crippen MR) is 116 cm³/mol. The molecule has 7 nitrogen and oxygen atoms in total. The van der Waals surface area contributed by atoms with E-state index in [0.717, 1.165) is 5.57 Å². The Hall–Kier alpha value is -2.19. The van der Waals surface area contributed by atoms with Crippen molar-refractivity contribution in [2.24, 2.45) is 0 Å². The molecular formula is C22H28F3N3O4S. The molecule has 2 amide bonds. The van der Waals surface area contributed by atoms with E-state index in [0.29, 0.717) is 25.0 Å². The van der Waals surface area contributed by atoms with Gasteiger partial charge in [0, 0.05) is 13.0 Å².